The van der Waals surface area contributed by atoms with Gasteiger partial charge in [0.25, 0.3) is 5.56 Å². The Morgan fingerprint density at radius 1 is 1.48 bits per heavy atom. The number of aromatic nitrogens is 2. The van der Waals surface area contributed by atoms with Gasteiger partial charge < -0.3 is 14.8 Å². The highest BCUT2D eigenvalue weighted by Crippen LogP contribution is 2.51. The average molecular weight is 395 g/mol. The predicted octanol–water partition coefficient (Wildman–Crippen LogP) is 1.74. The minimum absolute atomic E-state index is 0.0321. The average Bonchev–Trinajstić information content (AvgIpc) is 3.12. The van der Waals surface area contributed by atoms with Gasteiger partial charge in [-0.25, -0.2) is 0 Å². The van der Waals surface area contributed by atoms with E-state index >= 15 is 0 Å². The van der Waals surface area contributed by atoms with Crippen molar-refractivity contribution in [3.63, 3.8) is 0 Å². The molecule has 9 heteroatoms. The van der Waals surface area contributed by atoms with E-state index in [-0.39, 0.29) is 41.1 Å². The fourth-order valence-corrected chi connectivity index (χ4v) is 4.27. The number of fused-ring (bicyclic) bond motifs is 1. The summed E-state index contributed by atoms with van der Waals surface area (Å²) in [4.78, 5) is 38.1. The molecule has 1 aromatic heterocycles. The summed E-state index contributed by atoms with van der Waals surface area (Å²) >= 11 is 5.28. The number of amides is 1. The number of carbonyl (C=O) groups is 2. The number of carbonyl (C=O) groups excluding carboxylic acids is 2. The van der Waals surface area contributed by atoms with E-state index in [1.54, 1.807) is 17.7 Å². The first-order chi connectivity index (χ1) is 12.8. The van der Waals surface area contributed by atoms with E-state index < -0.39 is 17.8 Å². The zero-order valence-corrected chi connectivity index (χ0v) is 16.6. The fraction of sp³-hybridized carbons (Fsp3) is 0.667. The molecule has 2 aliphatic rings. The van der Waals surface area contributed by atoms with Crippen LogP contribution in [0.2, 0.25) is 0 Å². The largest absolute Gasteiger partial charge is 0.456 e. The maximum absolute atomic E-state index is 12.3. The lowest BCUT2D eigenvalue weighted by atomic mass is 9.95. The van der Waals surface area contributed by atoms with Crippen LogP contribution in [0.1, 0.15) is 50.8 Å². The topological polar surface area (TPSA) is 102 Å². The highest BCUT2D eigenvalue weighted by atomic mass is 32.1. The third kappa shape index (κ3) is 3.84. The Morgan fingerprint density at radius 3 is 2.93 bits per heavy atom. The first-order valence-corrected chi connectivity index (χ1v) is 9.56. The smallest absolute Gasteiger partial charge is 0.306 e. The molecule has 0 aromatic carbocycles. The Balaban J connectivity index is 1.80. The zero-order valence-electron chi connectivity index (χ0n) is 15.7. The fourth-order valence-electron chi connectivity index (χ4n) is 4.01. The van der Waals surface area contributed by atoms with Crippen LogP contribution in [0.25, 0.3) is 0 Å². The second kappa shape index (κ2) is 7.55. The Kier molecular flexibility index (Phi) is 5.53. The van der Waals surface area contributed by atoms with Crippen LogP contribution in [0.5, 0.6) is 0 Å². The summed E-state index contributed by atoms with van der Waals surface area (Å²) in [6.07, 6.45) is 3.23. The van der Waals surface area contributed by atoms with Gasteiger partial charge in [0.05, 0.1) is 6.42 Å². The van der Waals surface area contributed by atoms with Crippen molar-refractivity contribution in [1.29, 1.82) is 0 Å². The third-order valence-corrected chi connectivity index (χ3v) is 5.80. The number of H-pyrrole nitrogens is 1. The Labute approximate surface area is 162 Å². The molecular weight excluding hydrogens is 370 g/mol. The second-order valence-corrected chi connectivity index (χ2v) is 7.81. The summed E-state index contributed by atoms with van der Waals surface area (Å²) in [5.74, 6) is -0.362. The SMILES string of the molecule is CNC(=O)CCC(=O)O[C@]12CC[C@@H](C)[C@H]1O[C@@H](n1cc(C)c(=O)[nH]c1=S)C2. The maximum Gasteiger partial charge on any atom is 0.306 e. The van der Waals surface area contributed by atoms with Crippen molar-refractivity contribution in [1.82, 2.24) is 14.9 Å². The summed E-state index contributed by atoms with van der Waals surface area (Å²) in [5, 5.41) is 2.49. The van der Waals surface area contributed by atoms with Gasteiger partial charge in [-0.3, -0.25) is 23.9 Å². The van der Waals surface area contributed by atoms with Crippen molar-refractivity contribution in [2.75, 3.05) is 7.05 Å². The van der Waals surface area contributed by atoms with Crippen molar-refractivity contribution in [3.05, 3.63) is 26.9 Å². The second-order valence-electron chi connectivity index (χ2n) is 7.42. The van der Waals surface area contributed by atoms with Gasteiger partial charge in [-0.05, 0) is 37.9 Å². The van der Waals surface area contributed by atoms with Gasteiger partial charge in [-0.1, -0.05) is 6.92 Å². The van der Waals surface area contributed by atoms with Gasteiger partial charge >= 0.3 is 5.97 Å². The van der Waals surface area contributed by atoms with Crippen LogP contribution in [-0.4, -0.2) is 40.2 Å². The molecule has 2 N–H and O–H groups in total. The summed E-state index contributed by atoms with van der Waals surface area (Å²) in [5.41, 5.74) is -0.407. The minimum atomic E-state index is -0.720. The number of hydrogen-bond donors (Lipinski definition) is 2. The van der Waals surface area contributed by atoms with Crippen molar-refractivity contribution in [2.45, 2.75) is 63.9 Å². The van der Waals surface area contributed by atoms with Gasteiger partial charge in [0, 0.05) is 31.6 Å². The molecule has 2 fully saturated rings. The molecular formula is C18H25N3O5S. The van der Waals surface area contributed by atoms with Crippen molar-refractivity contribution in [2.24, 2.45) is 5.92 Å². The van der Waals surface area contributed by atoms with Crippen LogP contribution in [0, 0.1) is 17.6 Å². The van der Waals surface area contributed by atoms with Crippen LogP contribution in [0.3, 0.4) is 0 Å². The van der Waals surface area contributed by atoms with Gasteiger partial charge in [0.2, 0.25) is 5.91 Å². The van der Waals surface area contributed by atoms with Gasteiger partial charge in [0.15, 0.2) is 4.77 Å². The molecule has 0 radical (unpaired) electrons. The molecule has 148 valence electrons. The number of nitrogens with one attached hydrogen (secondary N) is 2. The van der Waals surface area contributed by atoms with Gasteiger partial charge in [-0.2, -0.15) is 0 Å². The molecule has 0 bridgehead atoms. The highest BCUT2D eigenvalue weighted by molar-refractivity contribution is 7.71. The van der Waals surface area contributed by atoms with E-state index in [2.05, 4.69) is 17.2 Å². The lowest BCUT2D eigenvalue weighted by Gasteiger charge is -2.28. The summed E-state index contributed by atoms with van der Waals surface area (Å²) in [7, 11) is 1.53. The first kappa shape index (κ1) is 19.8. The Morgan fingerprint density at radius 2 is 2.22 bits per heavy atom. The van der Waals surface area contributed by atoms with E-state index in [1.807, 2.05) is 0 Å². The van der Waals surface area contributed by atoms with Crippen molar-refractivity contribution >= 4 is 24.1 Å². The third-order valence-electron chi connectivity index (χ3n) is 5.49. The Hall–Kier alpha value is -2.00. The number of esters is 1. The van der Waals surface area contributed by atoms with Crippen LogP contribution < -0.4 is 10.9 Å². The monoisotopic (exact) mass is 395 g/mol. The van der Waals surface area contributed by atoms with Crippen molar-refractivity contribution < 1.29 is 19.1 Å². The minimum Gasteiger partial charge on any atom is -0.456 e. The highest BCUT2D eigenvalue weighted by Gasteiger charge is 2.57. The van der Waals surface area contributed by atoms with Crippen LogP contribution in [0.4, 0.5) is 0 Å². The van der Waals surface area contributed by atoms with Crippen LogP contribution >= 0.6 is 12.2 Å². The lowest BCUT2D eigenvalue weighted by Crippen LogP contribution is -2.40. The molecule has 3 rings (SSSR count). The summed E-state index contributed by atoms with van der Waals surface area (Å²) in [6, 6.07) is 0. The molecule has 8 nitrogen and oxygen atoms in total. The molecule has 1 saturated carbocycles. The molecule has 1 aromatic rings. The number of hydrogen-bond acceptors (Lipinski definition) is 6. The molecule has 27 heavy (non-hydrogen) atoms. The lowest BCUT2D eigenvalue weighted by molar-refractivity contribution is -0.165. The first-order valence-electron chi connectivity index (χ1n) is 9.15. The quantitative estimate of drug-likeness (QED) is 0.582. The molecule has 2 heterocycles. The molecule has 0 spiro atoms. The normalized spacial score (nSPS) is 29.4. The number of aromatic amines is 1. The van der Waals surface area contributed by atoms with Gasteiger partial charge in [-0.15, -0.1) is 0 Å². The Bertz CT molecular complexity index is 863. The zero-order chi connectivity index (χ0) is 19.8. The van der Waals surface area contributed by atoms with E-state index in [0.717, 1.165) is 6.42 Å². The predicted molar refractivity (Wildman–Crippen MR) is 99.7 cm³/mol. The van der Waals surface area contributed by atoms with E-state index in [0.29, 0.717) is 18.4 Å². The maximum atomic E-state index is 12.3. The van der Waals surface area contributed by atoms with Gasteiger partial charge in [0.1, 0.15) is 17.9 Å². The number of nitrogens with zero attached hydrogens (tertiary/aromatic N) is 1. The summed E-state index contributed by atoms with van der Waals surface area (Å²) in [6.45, 7) is 3.78. The molecule has 1 aliphatic heterocycles. The van der Waals surface area contributed by atoms with E-state index in [9.17, 15) is 14.4 Å². The molecule has 0 unspecified atom stereocenters. The summed E-state index contributed by atoms with van der Waals surface area (Å²) < 4.78 is 14.1. The van der Waals surface area contributed by atoms with E-state index in [1.165, 1.54) is 7.05 Å². The molecule has 4 atom stereocenters. The molecule has 1 amide bonds. The van der Waals surface area contributed by atoms with Crippen LogP contribution in [-0.2, 0) is 19.1 Å². The molecule has 1 aliphatic carbocycles. The number of ether oxygens (including phenoxy) is 2. The van der Waals surface area contributed by atoms with E-state index in [4.69, 9.17) is 21.7 Å². The molecule has 1 saturated heterocycles. The number of aryl methyl sites for hydroxylation is 1. The number of rotatable bonds is 5. The van der Waals surface area contributed by atoms with Crippen molar-refractivity contribution in [3.8, 4) is 0 Å². The standard InChI is InChI=1S/C18H25N3O5S/c1-10-6-7-18(26-14(23)5-4-12(22)19-3)8-13(25-15(10)18)21-9-11(2)16(24)20-17(21)27/h9-10,13,15H,4-8H2,1-3H3,(H,19,22)(H,20,24,27)/t10-,13-,15-,18+/m1/s1. The van der Waals surface area contributed by atoms with Crippen LogP contribution in [0.15, 0.2) is 11.0 Å².